The third-order valence-corrected chi connectivity index (χ3v) is 3.40. The van der Waals surface area contributed by atoms with Crippen LogP contribution in [0.25, 0.3) is 0 Å². The first-order valence-corrected chi connectivity index (χ1v) is 5.70. The van der Waals surface area contributed by atoms with Gasteiger partial charge in [0.05, 0.1) is 5.54 Å². The second-order valence-corrected chi connectivity index (χ2v) is 5.70. The molecule has 1 fully saturated rings. The molecule has 0 aliphatic heterocycles. The molecule has 1 saturated carbocycles. The van der Waals surface area contributed by atoms with Crippen LogP contribution in [-0.4, -0.2) is 6.08 Å². The van der Waals surface area contributed by atoms with Gasteiger partial charge in [-0.3, -0.25) is 0 Å². The predicted octanol–water partition coefficient (Wildman–Crippen LogP) is 3.69. The fourth-order valence-electron chi connectivity index (χ4n) is 2.74. The van der Waals surface area contributed by atoms with Gasteiger partial charge >= 0.3 is 0 Å². The normalized spacial score (nSPS) is 20.7. The van der Waals surface area contributed by atoms with Crippen LogP contribution in [0.15, 0.2) is 29.3 Å². The molecule has 0 spiro atoms. The number of benzene rings is 1. The van der Waals surface area contributed by atoms with Crippen molar-refractivity contribution in [3.05, 3.63) is 34.9 Å². The molecule has 0 bridgehead atoms. The SMILES string of the molecule is CC1(C)CC(N=C=O)(c2cccc(Cl)c2)C1. The van der Waals surface area contributed by atoms with Gasteiger partial charge in [0.2, 0.25) is 6.08 Å². The van der Waals surface area contributed by atoms with E-state index < -0.39 is 5.54 Å². The largest absolute Gasteiger partial charge is 0.235 e. The number of isocyanates is 1. The number of rotatable bonds is 2. The molecule has 1 aromatic rings. The lowest BCUT2D eigenvalue weighted by atomic mass is 9.57. The van der Waals surface area contributed by atoms with Gasteiger partial charge < -0.3 is 0 Å². The second-order valence-electron chi connectivity index (χ2n) is 5.26. The number of carbonyl (C=O) groups excluding carboxylic acids is 1. The van der Waals surface area contributed by atoms with Gasteiger partial charge in [0.25, 0.3) is 0 Å². The Morgan fingerprint density at radius 3 is 2.56 bits per heavy atom. The Bertz CT molecular complexity index is 453. The standard InChI is InChI=1S/C13H14ClNO/c1-12(2)7-13(8-12,15-9-16)10-4-3-5-11(14)6-10/h3-6H,7-8H2,1-2H3. The number of halogens is 1. The number of aliphatic imine (C=N–C) groups is 1. The zero-order valence-electron chi connectivity index (χ0n) is 9.46. The quantitative estimate of drug-likeness (QED) is 0.568. The van der Waals surface area contributed by atoms with Crippen LogP contribution in [0.1, 0.15) is 32.3 Å². The van der Waals surface area contributed by atoms with Gasteiger partial charge in [-0.25, -0.2) is 4.79 Å². The average Bonchev–Trinajstić information content (AvgIpc) is 2.15. The van der Waals surface area contributed by atoms with E-state index in [1.807, 2.05) is 24.3 Å². The highest BCUT2D eigenvalue weighted by molar-refractivity contribution is 6.30. The monoisotopic (exact) mass is 235 g/mol. The molecule has 84 valence electrons. The number of nitrogens with zero attached hydrogens (tertiary/aromatic N) is 1. The van der Waals surface area contributed by atoms with Gasteiger partial charge in [-0.15, -0.1) is 0 Å². The van der Waals surface area contributed by atoms with Crippen molar-refractivity contribution in [1.82, 2.24) is 0 Å². The van der Waals surface area contributed by atoms with Crippen LogP contribution in [0.5, 0.6) is 0 Å². The molecule has 3 heteroatoms. The molecule has 0 N–H and O–H groups in total. The minimum absolute atomic E-state index is 0.239. The van der Waals surface area contributed by atoms with E-state index in [4.69, 9.17) is 11.6 Å². The fraction of sp³-hybridized carbons (Fsp3) is 0.462. The minimum atomic E-state index is -0.393. The summed E-state index contributed by atoms with van der Waals surface area (Å²) in [6.07, 6.45) is 3.44. The molecule has 1 aliphatic carbocycles. The molecule has 1 aromatic carbocycles. The number of hydrogen-bond acceptors (Lipinski definition) is 2. The van der Waals surface area contributed by atoms with E-state index in [0.717, 1.165) is 18.4 Å². The third kappa shape index (κ3) is 1.91. The topological polar surface area (TPSA) is 29.4 Å². The van der Waals surface area contributed by atoms with Crippen LogP contribution < -0.4 is 0 Å². The van der Waals surface area contributed by atoms with Gasteiger partial charge in [0.15, 0.2) is 0 Å². The summed E-state index contributed by atoms with van der Waals surface area (Å²) in [7, 11) is 0. The Labute approximate surface area is 100 Å². The average molecular weight is 236 g/mol. The molecule has 0 heterocycles. The van der Waals surface area contributed by atoms with Gasteiger partial charge in [-0.2, -0.15) is 4.99 Å². The van der Waals surface area contributed by atoms with Crippen molar-refractivity contribution in [1.29, 1.82) is 0 Å². The fourth-order valence-corrected chi connectivity index (χ4v) is 2.93. The third-order valence-electron chi connectivity index (χ3n) is 3.16. The highest BCUT2D eigenvalue weighted by Crippen LogP contribution is 2.56. The van der Waals surface area contributed by atoms with Gasteiger partial charge in [0, 0.05) is 5.02 Å². The van der Waals surface area contributed by atoms with Crippen molar-refractivity contribution in [3.63, 3.8) is 0 Å². The van der Waals surface area contributed by atoms with Gasteiger partial charge in [0.1, 0.15) is 0 Å². The van der Waals surface area contributed by atoms with Crippen LogP contribution >= 0.6 is 11.6 Å². The van der Waals surface area contributed by atoms with Crippen molar-refractivity contribution in [2.75, 3.05) is 0 Å². The molecular weight excluding hydrogens is 222 g/mol. The van der Waals surface area contributed by atoms with E-state index in [1.165, 1.54) is 0 Å². The predicted molar refractivity (Wildman–Crippen MR) is 64.3 cm³/mol. The Morgan fingerprint density at radius 1 is 1.38 bits per heavy atom. The zero-order chi connectivity index (χ0) is 11.8. The molecule has 16 heavy (non-hydrogen) atoms. The van der Waals surface area contributed by atoms with Crippen LogP contribution in [0, 0.1) is 5.41 Å². The maximum atomic E-state index is 10.6. The summed E-state index contributed by atoms with van der Waals surface area (Å²) in [5.41, 5.74) is 0.862. The molecule has 2 rings (SSSR count). The first-order chi connectivity index (χ1) is 7.47. The Hall–Kier alpha value is -1.11. The van der Waals surface area contributed by atoms with Crippen LogP contribution in [-0.2, 0) is 10.3 Å². The molecule has 0 saturated heterocycles. The number of hydrogen-bond donors (Lipinski definition) is 0. The summed E-state index contributed by atoms with van der Waals surface area (Å²) in [6.45, 7) is 4.35. The molecule has 0 aromatic heterocycles. The Balaban J connectivity index is 2.39. The summed E-state index contributed by atoms with van der Waals surface area (Å²) in [6, 6.07) is 7.58. The van der Waals surface area contributed by atoms with E-state index in [1.54, 1.807) is 6.08 Å². The minimum Gasteiger partial charge on any atom is -0.211 e. The highest BCUT2D eigenvalue weighted by Gasteiger charge is 2.50. The van der Waals surface area contributed by atoms with E-state index in [-0.39, 0.29) is 5.41 Å². The molecular formula is C13H14ClNO. The van der Waals surface area contributed by atoms with E-state index in [2.05, 4.69) is 18.8 Å². The first kappa shape index (κ1) is 11.4. The van der Waals surface area contributed by atoms with Crippen LogP contribution in [0.2, 0.25) is 5.02 Å². The van der Waals surface area contributed by atoms with E-state index in [0.29, 0.717) is 5.02 Å². The first-order valence-electron chi connectivity index (χ1n) is 5.33. The summed E-state index contributed by atoms with van der Waals surface area (Å²) in [4.78, 5) is 14.6. The van der Waals surface area contributed by atoms with Crippen molar-refractivity contribution in [2.24, 2.45) is 10.4 Å². The lowest BCUT2D eigenvalue weighted by Crippen LogP contribution is -2.45. The maximum absolute atomic E-state index is 10.6. The molecule has 0 radical (unpaired) electrons. The van der Waals surface area contributed by atoms with Crippen molar-refractivity contribution in [2.45, 2.75) is 32.2 Å². The zero-order valence-corrected chi connectivity index (χ0v) is 10.2. The van der Waals surface area contributed by atoms with E-state index in [9.17, 15) is 4.79 Å². The molecule has 0 unspecified atom stereocenters. The van der Waals surface area contributed by atoms with Crippen molar-refractivity contribution in [3.8, 4) is 0 Å². The summed E-state index contributed by atoms with van der Waals surface area (Å²) in [5, 5.41) is 0.683. The smallest absolute Gasteiger partial charge is 0.211 e. The van der Waals surface area contributed by atoms with Crippen LogP contribution in [0.4, 0.5) is 0 Å². The lowest BCUT2D eigenvalue weighted by molar-refractivity contribution is 0.0639. The highest BCUT2D eigenvalue weighted by atomic mass is 35.5. The summed E-state index contributed by atoms with van der Waals surface area (Å²) in [5.74, 6) is 0. The summed E-state index contributed by atoms with van der Waals surface area (Å²) >= 11 is 5.96. The van der Waals surface area contributed by atoms with E-state index >= 15 is 0 Å². The molecule has 1 aliphatic rings. The molecule has 0 amide bonds. The van der Waals surface area contributed by atoms with Gasteiger partial charge in [-0.1, -0.05) is 37.6 Å². The van der Waals surface area contributed by atoms with Crippen LogP contribution in [0.3, 0.4) is 0 Å². The molecule has 2 nitrogen and oxygen atoms in total. The van der Waals surface area contributed by atoms with Crippen molar-refractivity contribution >= 4 is 17.7 Å². The Kier molecular flexibility index (Phi) is 2.65. The Morgan fingerprint density at radius 2 is 2.06 bits per heavy atom. The maximum Gasteiger partial charge on any atom is 0.235 e. The van der Waals surface area contributed by atoms with Crippen molar-refractivity contribution < 1.29 is 4.79 Å². The lowest BCUT2D eigenvalue weighted by Gasteiger charge is -2.50. The summed E-state index contributed by atoms with van der Waals surface area (Å²) < 4.78 is 0. The van der Waals surface area contributed by atoms with Gasteiger partial charge in [-0.05, 0) is 36.0 Å². The second kappa shape index (κ2) is 3.73. The molecule has 0 atom stereocenters.